The number of nitrogen functional groups attached to an aromatic ring is 1. The van der Waals surface area contributed by atoms with Gasteiger partial charge in [0.15, 0.2) is 0 Å². The second-order valence-electron chi connectivity index (χ2n) is 9.53. The van der Waals surface area contributed by atoms with E-state index in [4.69, 9.17) is 30.9 Å². The molecule has 12 nitrogen and oxygen atoms in total. The Hall–Kier alpha value is -4.34. The Bertz CT molecular complexity index is 1300. The van der Waals surface area contributed by atoms with Crippen molar-refractivity contribution < 1.29 is 51.9 Å². The van der Waals surface area contributed by atoms with Crippen molar-refractivity contribution in [3.05, 3.63) is 76.0 Å². The number of nitrogens with one attached hydrogen (secondary N) is 2. The number of hydrogen-bond donors (Lipinski definition) is 5. The minimum atomic E-state index is -5.08. The highest BCUT2D eigenvalue weighted by Gasteiger charge is 2.54. The molecule has 3 unspecified atom stereocenters. The molecule has 0 spiro atoms. The molecule has 3 atom stereocenters. The summed E-state index contributed by atoms with van der Waals surface area (Å²) in [6.45, 7) is 4.01. The highest BCUT2D eigenvalue weighted by Crippen LogP contribution is 2.42. The van der Waals surface area contributed by atoms with Gasteiger partial charge in [-0.05, 0) is 23.6 Å². The van der Waals surface area contributed by atoms with Crippen molar-refractivity contribution in [1.29, 1.82) is 5.41 Å². The number of urea groups is 1. The van der Waals surface area contributed by atoms with Crippen LogP contribution in [-0.4, -0.2) is 70.6 Å². The van der Waals surface area contributed by atoms with Gasteiger partial charge in [-0.25, -0.2) is 14.4 Å². The lowest BCUT2D eigenvalue weighted by molar-refractivity contribution is -0.778. The van der Waals surface area contributed by atoms with Crippen LogP contribution in [0.2, 0.25) is 0 Å². The summed E-state index contributed by atoms with van der Waals surface area (Å²) < 4.78 is 35.5. The molecule has 3 amide bonds. The van der Waals surface area contributed by atoms with Gasteiger partial charge < -0.3 is 31.2 Å². The van der Waals surface area contributed by atoms with E-state index in [0.29, 0.717) is 23.2 Å². The fraction of sp³-hybridized carbons (Fsp3) is 0.414. The SMILES string of the molecule is CCC(=O)O.CCCCCCNC(=O)[N+]1([O-])C(=O)c2ccccc2C(c2ccc(C(=N)N)cc2)C1OC.O=C(O)C(F)(F)F. The van der Waals surface area contributed by atoms with Crippen LogP contribution in [0.25, 0.3) is 0 Å². The summed E-state index contributed by atoms with van der Waals surface area (Å²) in [5, 5.41) is 39.0. The number of halogens is 3. The van der Waals surface area contributed by atoms with Crippen LogP contribution in [0.5, 0.6) is 0 Å². The van der Waals surface area contributed by atoms with Gasteiger partial charge in [0.2, 0.25) is 6.23 Å². The largest absolute Gasteiger partial charge is 0.614 e. The predicted molar refractivity (Wildman–Crippen MR) is 154 cm³/mol. The molecule has 1 aliphatic rings. The Balaban J connectivity index is 0.000000682. The van der Waals surface area contributed by atoms with E-state index in [1.807, 2.05) is 0 Å². The van der Waals surface area contributed by atoms with E-state index in [1.165, 1.54) is 7.11 Å². The fourth-order valence-electron chi connectivity index (χ4n) is 4.19. The van der Waals surface area contributed by atoms with Gasteiger partial charge in [0.1, 0.15) is 5.84 Å². The number of methoxy groups -OCH3 is 1. The number of carboxylic acid groups (broad SMARTS) is 2. The minimum absolute atomic E-state index is 0.0736. The molecule has 0 saturated heterocycles. The molecule has 2 aromatic rings. The number of fused-ring (bicyclic) bond motifs is 1. The summed E-state index contributed by atoms with van der Waals surface area (Å²) in [5.41, 5.74) is 7.62. The first-order valence-corrected chi connectivity index (χ1v) is 13.6. The van der Waals surface area contributed by atoms with Crippen LogP contribution in [0.4, 0.5) is 18.0 Å². The third-order valence-corrected chi connectivity index (χ3v) is 6.45. The van der Waals surface area contributed by atoms with E-state index in [2.05, 4.69) is 12.2 Å². The Kier molecular flexibility index (Phi) is 14.6. The molecule has 6 N–H and O–H groups in total. The third-order valence-electron chi connectivity index (χ3n) is 6.45. The predicted octanol–water partition coefficient (Wildman–Crippen LogP) is 4.95. The summed E-state index contributed by atoms with van der Waals surface area (Å²) in [6.07, 6.45) is -2.39. The molecule has 2 aromatic carbocycles. The number of carbonyl (C=O) groups is 4. The number of quaternary nitrogens is 1. The first-order chi connectivity index (χ1) is 20.6. The first-order valence-electron chi connectivity index (χ1n) is 13.6. The van der Waals surface area contributed by atoms with Crippen molar-refractivity contribution in [2.45, 2.75) is 64.3 Å². The van der Waals surface area contributed by atoms with Gasteiger partial charge in [-0.15, -0.1) is 0 Å². The fourth-order valence-corrected chi connectivity index (χ4v) is 4.19. The molecule has 242 valence electrons. The van der Waals surface area contributed by atoms with Crippen molar-refractivity contribution >= 4 is 29.7 Å². The lowest BCUT2D eigenvalue weighted by atomic mass is 9.82. The Morgan fingerprint density at radius 1 is 1.05 bits per heavy atom. The van der Waals surface area contributed by atoms with E-state index in [9.17, 15) is 32.8 Å². The summed E-state index contributed by atoms with van der Waals surface area (Å²) in [7, 11) is 1.34. The lowest BCUT2D eigenvalue weighted by Crippen LogP contribution is -2.66. The molecule has 1 aliphatic heterocycles. The number of nitrogens with two attached hydrogens (primary N) is 1. The smallest absolute Gasteiger partial charge is 0.490 e. The minimum Gasteiger partial charge on any atom is -0.614 e. The number of ether oxygens (including phenoxy) is 1. The highest BCUT2D eigenvalue weighted by atomic mass is 19.4. The number of benzene rings is 2. The number of aliphatic carboxylic acids is 2. The highest BCUT2D eigenvalue weighted by molar-refractivity contribution is 5.99. The van der Waals surface area contributed by atoms with Crippen LogP contribution in [0.15, 0.2) is 48.5 Å². The summed E-state index contributed by atoms with van der Waals surface area (Å²) >= 11 is 0. The zero-order chi connectivity index (χ0) is 33.7. The van der Waals surface area contributed by atoms with E-state index in [0.717, 1.165) is 25.7 Å². The second-order valence-corrected chi connectivity index (χ2v) is 9.53. The van der Waals surface area contributed by atoms with Crippen LogP contribution in [0, 0.1) is 10.6 Å². The van der Waals surface area contributed by atoms with Crippen LogP contribution in [0.3, 0.4) is 0 Å². The average molecular weight is 627 g/mol. The standard InChI is InChI=1S/C24H30N4O4.C3H6O2.C2HF3O2/c1-3-4-5-8-15-27-24(30)28(31)22(29)19-10-7-6-9-18(19)20(23(28)32-2)16-11-13-17(14-12-16)21(25)26;1-2-3(4)5;3-2(4,5)1(6)7/h6-7,9-14,20,23H,3-5,8,15H2,1-2H3,(H3,25,26)(H,27,30);2H2,1H3,(H,4,5);(H,6,7). The molecule has 15 heteroatoms. The Morgan fingerprint density at radius 3 is 2.05 bits per heavy atom. The van der Waals surface area contributed by atoms with Crippen molar-refractivity contribution in [2.75, 3.05) is 13.7 Å². The number of hydroxylamine groups is 3. The first kappa shape index (κ1) is 37.7. The van der Waals surface area contributed by atoms with Crippen molar-refractivity contribution in [1.82, 2.24) is 5.32 Å². The topological polar surface area (TPSA) is 203 Å². The van der Waals surface area contributed by atoms with Crippen molar-refractivity contribution in [3.63, 3.8) is 0 Å². The molecule has 0 aliphatic carbocycles. The van der Waals surface area contributed by atoms with Crippen LogP contribution >= 0.6 is 0 Å². The lowest BCUT2D eigenvalue weighted by Gasteiger charge is -2.48. The molecule has 0 bridgehead atoms. The molecule has 44 heavy (non-hydrogen) atoms. The normalized spacial score (nSPS) is 18.8. The third kappa shape index (κ3) is 9.86. The van der Waals surface area contributed by atoms with Gasteiger partial charge >= 0.3 is 30.1 Å². The Morgan fingerprint density at radius 2 is 1.59 bits per heavy atom. The van der Waals surface area contributed by atoms with Gasteiger partial charge in [0, 0.05) is 25.6 Å². The zero-order valence-corrected chi connectivity index (χ0v) is 24.5. The number of unbranched alkanes of at least 4 members (excludes halogenated alkanes) is 3. The van der Waals surface area contributed by atoms with Crippen LogP contribution in [-0.2, 0) is 14.3 Å². The summed E-state index contributed by atoms with van der Waals surface area (Å²) in [6, 6.07) is 12.7. The Labute approximate surface area is 252 Å². The number of alkyl halides is 3. The van der Waals surface area contributed by atoms with Crippen molar-refractivity contribution in [2.24, 2.45) is 5.73 Å². The van der Waals surface area contributed by atoms with E-state index >= 15 is 0 Å². The maximum absolute atomic E-state index is 14.0. The molecule has 0 radical (unpaired) electrons. The summed E-state index contributed by atoms with van der Waals surface area (Å²) in [5.74, 6) is -5.07. The van der Waals surface area contributed by atoms with E-state index < -0.39 is 46.8 Å². The number of hydrogen-bond acceptors (Lipinski definition) is 7. The number of amides is 3. The monoisotopic (exact) mass is 626 g/mol. The van der Waals surface area contributed by atoms with Gasteiger partial charge in [-0.1, -0.05) is 75.6 Å². The van der Waals surface area contributed by atoms with Crippen LogP contribution < -0.4 is 11.1 Å². The average Bonchev–Trinajstić information content (AvgIpc) is 2.98. The maximum atomic E-state index is 14.0. The molecular formula is C29H37F3N4O8. The van der Waals surface area contributed by atoms with Crippen LogP contribution in [0.1, 0.15) is 78.9 Å². The zero-order valence-electron chi connectivity index (χ0n) is 24.5. The number of carboxylic acids is 2. The van der Waals surface area contributed by atoms with E-state index in [1.54, 1.807) is 55.5 Å². The maximum Gasteiger partial charge on any atom is 0.490 e. The molecule has 3 rings (SSSR count). The van der Waals surface area contributed by atoms with Gasteiger partial charge in [-0.3, -0.25) is 10.2 Å². The molecule has 0 saturated carbocycles. The number of imide groups is 1. The quantitative estimate of drug-likeness (QED) is 0.0839. The molecular weight excluding hydrogens is 589 g/mol. The van der Waals surface area contributed by atoms with Gasteiger partial charge in [-0.2, -0.15) is 17.8 Å². The van der Waals surface area contributed by atoms with Gasteiger partial charge in [0.25, 0.3) is 0 Å². The number of nitrogens with zero attached hydrogens (tertiary/aromatic N) is 1. The molecule has 0 fully saturated rings. The van der Waals surface area contributed by atoms with Crippen molar-refractivity contribution in [3.8, 4) is 0 Å². The number of amidine groups is 1. The van der Waals surface area contributed by atoms with Gasteiger partial charge in [0.05, 0.1) is 11.5 Å². The second kappa shape index (κ2) is 17.1. The number of carbonyl (C=O) groups excluding carboxylic acids is 2. The molecule has 0 aromatic heterocycles. The summed E-state index contributed by atoms with van der Waals surface area (Å²) in [4.78, 5) is 44.6. The number of rotatable bonds is 9. The van der Waals surface area contributed by atoms with E-state index in [-0.39, 0.29) is 17.8 Å². The molecule has 1 heterocycles.